The Kier molecular flexibility index (Phi) is 4.88. The molecule has 0 radical (unpaired) electrons. The first-order chi connectivity index (χ1) is 7.63. The molecule has 0 aromatic heterocycles. The van der Waals surface area contributed by atoms with Crippen LogP contribution in [0.4, 0.5) is 5.69 Å². The van der Waals surface area contributed by atoms with Crippen molar-refractivity contribution in [3.05, 3.63) is 39.9 Å². The zero-order chi connectivity index (χ0) is 12.0. The van der Waals surface area contributed by atoms with Crippen LogP contribution < -0.4 is 5.32 Å². The van der Waals surface area contributed by atoms with Gasteiger partial charge in [0.15, 0.2) is 0 Å². The Hall–Kier alpha value is -1.46. The Morgan fingerprint density at radius 2 is 2.25 bits per heavy atom. The predicted molar refractivity (Wildman–Crippen MR) is 63.4 cm³/mol. The van der Waals surface area contributed by atoms with Crippen LogP contribution in [-0.4, -0.2) is 37.0 Å². The lowest BCUT2D eigenvalue weighted by atomic mass is 10.2. The van der Waals surface area contributed by atoms with Crippen LogP contribution in [-0.2, 0) is 6.54 Å². The van der Waals surface area contributed by atoms with Crippen molar-refractivity contribution in [2.45, 2.75) is 6.54 Å². The minimum atomic E-state index is -0.364. The van der Waals surface area contributed by atoms with Crippen molar-refractivity contribution >= 4 is 5.69 Å². The normalized spacial score (nSPS) is 10.7. The van der Waals surface area contributed by atoms with Crippen molar-refractivity contribution in [2.75, 3.05) is 27.2 Å². The summed E-state index contributed by atoms with van der Waals surface area (Å²) in [7, 11) is 3.90. The molecule has 0 spiro atoms. The summed E-state index contributed by atoms with van der Waals surface area (Å²) in [4.78, 5) is 12.3. The van der Waals surface area contributed by atoms with Crippen LogP contribution in [0.5, 0.6) is 0 Å². The van der Waals surface area contributed by atoms with E-state index in [1.54, 1.807) is 12.1 Å². The summed E-state index contributed by atoms with van der Waals surface area (Å²) in [5.41, 5.74) is 1.12. The Balaban J connectivity index is 2.59. The maximum atomic E-state index is 10.6. The third kappa shape index (κ3) is 3.96. The Labute approximate surface area is 95.2 Å². The molecule has 0 amide bonds. The average Bonchev–Trinajstić information content (AvgIpc) is 2.26. The Bertz CT molecular complexity index is 355. The van der Waals surface area contributed by atoms with E-state index >= 15 is 0 Å². The lowest BCUT2D eigenvalue weighted by Crippen LogP contribution is -2.26. The number of nitrogens with one attached hydrogen (secondary N) is 1. The van der Waals surface area contributed by atoms with Crippen LogP contribution >= 0.6 is 0 Å². The molecule has 0 atom stereocenters. The van der Waals surface area contributed by atoms with Gasteiger partial charge < -0.3 is 10.2 Å². The van der Waals surface area contributed by atoms with E-state index in [1.807, 2.05) is 20.2 Å². The number of hydrogen-bond donors (Lipinski definition) is 1. The van der Waals surface area contributed by atoms with Gasteiger partial charge in [-0.1, -0.05) is 12.1 Å². The molecule has 0 aliphatic heterocycles. The highest BCUT2D eigenvalue weighted by Crippen LogP contribution is 2.13. The van der Waals surface area contributed by atoms with Crippen LogP contribution in [0.25, 0.3) is 0 Å². The molecule has 88 valence electrons. The molecule has 5 nitrogen and oxygen atoms in total. The second kappa shape index (κ2) is 6.19. The molecule has 0 unspecified atom stereocenters. The van der Waals surface area contributed by atoms with E-state index in [-0.39, 0.29) is 10.6 Å². The van der Waals surface area contributed by atoms with Gasteiger partial charge in [0.25, 0.3) is 5.69 Å². The summed E-state index contributed by atoms with van der Waals surface area (Å²) in [6, 6.07) is 6.76. The first-order valence-corrected chi connectivity index (χ1v) is 5.20. The largest absolute Gasteiger partial charge is 0.318 e. The fourth-order valence-electron chi connectivity index (χ4n) is 1.46. The lowest BCUT2D eigenvalue weighted by Gasteiger charge is -2.15. The van der Waals surface area contributed by atoms with Gasteiger partial charge in [-0.25, -0.2) is 0 Å². The van der Waals surface area contributed by atoms with E-state index in [1.165, 1.54) is 6.07 Å². The van der Waals surface area contributed by atoms with Crippen LogP contribution in [0.1, 0.15) is 5.56 Å². The molecule has 1 N–H and O–H groups in total. The van der Waals surface area contributed by atoms with Crippen molar-refractivity contribution in [2.24, 2.45) is 0 Å². The molecular weight excluding hydrogens is 206 g/mol. The van der Waals surface area contributed by atoms with Gasteiger partial charge in [0.2, 0.25) is 0 Å². The van der Waals surface area contributed by atoms with E-state index in [4.69, 9.17) is 0 Å². The first kappa shape index (κ1) is 12.6. The SMILES string of the molecule is CNCCN(C)Cc1cccc([N+](=O)[O-])c1. The van der Waals surface area contributed by atoms with E-state index in [0.717, 1.165) is 25.2 Å². The van der Waals surface area contributed by atoms with Crippen LogP contribution in [0.2, 0.25) is 0 Å². The molecule has 0 bridgehead atoms. The number of hydrogen-bond acceptors (Lipinski definition) is 4. The summed E-state index contributed by atoms with van der Waals surface area (Å²) in [5, 5.41) is 13.7. The van der Waals surface area contributed by atoms with Gasteiger partial charge in [-0.15, -0.1) is 0 Å². The predicted octanol–water partition coefficient (Wildman–Crippen LogP) is 1.25. The minimum absolute atomic E-state index is 0.152. The molecule has 0 aliphatic rings. The van der Waals surface area contributed by atoms with E-state index in [0.29, 0.717) is 0 Å². The summed E-state index contributed by atoms with van der Waals surface area (Å²) in [6.45, 7) is 2.55. The molecule has 16 heavy (non-hydrogen) atoms. The molecular formula is C11H17N3O2. The highest BCUT2D eigenvalue weighted by molar-refractivity contribution is 5.34. The van der Waals surface area contributed by atoms with E-state index < -0.39 is 0 Å². The molecule has 0 aliphatic carbocycles. The Morgan fingerprint density at radius 1 is 1.50 bits per heavy atom. The quantitative estimate of drug-likeness (QED) is 0.582. The summed E-state index contributed by atoms with van der Waals surface area (Å²) < 4.78 is 0. The number of nitro benzene ring substituents is 1. The highest BCUT2D eigenvalue weighted by Gasteiger charge is 2.06. The topological polar surface area (TPSA) is 58.4 Å². The van der Waals surface area contributed by atoms with Crippen molar-refractivity contribution in [1.29, 1.82) is 0 Å². The number of rotatable bonds is 6. The number of nitrogens with zero attached hydrogens (tertiary/aromatic N) is 2. The molecule has 0 saturated heterocycles. The molecule has 0 heterocycles. The number of likely N-dealkylation sites (N-methyl/N-ethyl adjacent to an activating group) is 2. The van der Waals surface area contributed by atoms with E-state index in [9.17, 15) is 10.1 Å². The van der Waals surface area contributed by atoms with Crippen molar-refractivity contribution in [3.63, 3.8) is 0 Å². The maximum absolute atomic E-state index is 10.6. The molecule has 1 aromatic carbocycles. The van der Waals surface area contributed by atoms with Crippen LogP contribution in [0.3, 0.4) is 0 Å². The van der Waals surface area contributed by atoms with E-state index in [2.05, 4.69) is 10.2 Å². The number of benzene rings is 1. The fourth-order valence-corrected chi connectivity index (χ4v) is 1.46. The minimum Gasteiger partial charge on any atom is -0.318 e. The second-order valence-corrected chi connectivity index (χ2v) is 3.77. The average molecular weight is 223 g/mol. The Morgan fingerprint density at radius 3 is 2.88 bits per heavy atom. The monoisotopic (exact) mass is 223 g/mol. The van der Waals surface area contributed by atoms with Gasteiger partial charge in [0.05, 0.1) is 4.92 Å². The number of nitro groups is 1. The van der Waals surface area contributed by atoms with Crippen molar-refractivity contribution in [1.82, 2.24) is 10.2 Å². The third-order valence-electron chi connectivity index (χ3n) is 2.32. The zero-order valence-corrected chi connectivity index (χ0v) is 9.64. The van der Waals surface area contributed by atoms with Gasteiger partial charge in [0.1, 0.15) is 0 Å². The fraction of sp³-hybridized carbons (Fsp3) is 0.455. The molecule has 0 saturated carbocycles. The highest BCUT2D eigenvalue weighted by atomic mass is 16.6. The van der Waals surface area contributed by atoms with Crippen molar-refractivity contribution < 1.29 is 4.92 Å². The maximum Gasteiger partial charge on any atom is 0.269 e. The van der Waals surface area contributed by atoms with Crippen LogP contribution in [0.15, 0.2) is 24.3 Å². The first-order valence-electron chi connectivity index (χ1n) is 5.20. The van der Waals surface area contributed by atoms with Gasteiger partial charge in [0, 0.05) is 31.8 Å². The summed E-state index contributed by atoms with van der Waals surface area (Å²) >= 11 is 0. The summed E-state index contributed by atoms with van der Waals surface area (Å²) in [6.07, 6.45) is 0. The second-order valence-electron chi connectivity index (χ2n) is 3.77. The van der Waals surface area contributed by atoms with Gasteiger partial charge >= 0.3 is 0 Å². The third-order valence-corrected chi connectivity index (χ3v) is 2.32. The van der Waals surface area contributed by atoms with Crippen LogP contribution in [0, 0.1) is 10.1 Å². The summed E-state index contributed by atoms with van der Waals surface area (Å²) in [5.74, 6) is 0. The van der Waals surface area contributed by atoms with Gasteiger partial charge in [-0.2, -0.15) is 0 Å². The molecule has 0 fully saturated rings. The zero-order valence-electron chi connectivity index (χ0n) is 9.64. The molecule has 1 aromatic rings. The smallest absolute Gasteiger partial charge is 0.269 e. The van der Waals surface area contributed by atoms with Gasteiger partial charge in [-0.05, 0) is 19.7 Å². The lowest BCUT2D eigenvalue weighted by molar-refractivity contribution is -0.384. The van der Waals surface area contributed by atoms with Crippen molar-refractivity contribution in [3.8, 4) is 0 Å². The standard InChI is InChI=1S/C11H17N3O2/c1-12-6-7-13(2)9-10-4-3-5-11(8-10)14(15)16/h3-5,8,12H,6-7,9H2,1-2H3. The molecule has 1 rings (SSSR count). The number of non-ortho nitro benzene ring substituents is 1. The molecule has 5 heteroatoms. The van der Waals surface area contributed by atoms with Gasteiger partial charge in [-0.3, -0.25) is 10.1 Å².